The van der Waals surface area contributed by atoms with Crippen LogP contribution in [0, 0.1) is 12.7 Å². The van der Waals surface area contributed by atoms with Crippen LogP contribution in [0.25, 0.3) is 0 Å². The highest BCUT2D eigenvalue weighted by molar-refractivity contribution is 6.29. The zero-order valence-corrected chi connectivity index (χ0v) is 12.8. The van der Waals surface area contributed by atoms with Crippen LogP contribution in [-0.4, -0.2) is 9.97 Å². The minimum atomic E-state index is -0.194. The van der Waals surface area contributed by atoms with E-state index < -0.39 is 0 Å². The van der Waals surface area contributed by atoms with Gasteiger partial charge in [0.05, 0.1) is 6.04 Å². The van der Waals surface area contributed by atoms with Crippen LogP contribution >= 0.6 is 11.6 Å². The van der Waals surface area contributed by atoms with E-state index in [4.69, 9.17) is 11.6 Å². The number of rotatable bonds is 4. The van der Waals surface area contributed by atoms with Crippen LogP contribution in [0.2, 0.25) is 5.15 Å². The first-order chi connectivity index (χ1) is 10.0. The Balaban J connectivity index is 1.80. The fourth-order valence-corrected chi connectivity index (χ4v) is 2.41. The first-order valence-electron chi connectivity index (χ1n) is 7.10. The third-order valence-corrected chi connectivity index (χ3v) is 3.91. The normalized spacial score (nSPS) is 15.8. The van der Waals surface area contributed by atoms with Crippen molar-refractivity contribution in [1.82, 2.24) is 9.97 Å². The molecule has 1 atom stereocenters. The summed E-state index contributed by atoms with van der Waals surface area (Å²) in [4.78, 5) is 8.76. The van der Waals surface area contributed by atoms with E-state index in [-0.39, 0.29) is 11.9 Å². The number of benzene rings is 1. The summed E-state index contributed by atoms with van der Waals surface area (Å²) in [6.45, 7) is 3.72. The molecule has 21 heavy (non-hydrogen) atoms. The van der Waals surface area contributed by atoms with Gasteiger partial charge in [-0.3, -0.25) is 0 Å². The van der Waals surface area contributed by atoms with Gasteiger partial charge in [-0.1, -0.05) is 23.7 Å². The molecular weight excluding hydrogens is 289 g/mol. The molecule has 0 radical (unpaired) electrons. The molecule has 110 valence electrons. The number of halogens is 2. The molecule has 2 aromatic rings. The molecule has 1 aromatic carbocycles. The fraction of sp³-hybridized carbons (Fsp3) is 0.375. The number of hydrogen-bond donors (Lipinski definition) is 1. The minimum absolute atomic E-state index is 0.0573. The van der Waals surface area contributed by atoms with Gasteiger partial charge in [0.1, 0.15) is 22.6 Å². The van der Waals surface area contributed by atoms with Crippen molar-refractivity contribution in [3.05, 3.63) is 52.2 Å². The fourth-order valence-electron chi connectivity index (χ4n) is 2.22. The van der Waals surface area contributed by atoms with Crippen molar-refractivity contribution in [3.63, 3.8) is 0 Å². The standard InChI is InChI=1S/C16H17ClFN3/c1-9-3-4-12(7-13(9)18)10(2)19-15-8-14(17)20-16(21-15)11-5-6-11/h3-4,7-8,10-11H,5-6H2,1-2H3,(H,19,20,21). The molecule has 1 fully saturated rings. The van der Waals surface area contributed by atoms with Gasteiger partial charge in [-0.25, -0.2) is 14.4 Å². The predicted octanol–water partition coefficient (Wildman–Crippen LogP) is 4.63. The van der Waals surface area contributed by atoms with Crippen molar-refractivity contribution in [1.29, 1.82) is 0 Å². The SMILES string of the molecule is Cc1ccc(C(C)Nc2cc(Cl)nc(C3CC3)n2)cc1F. The van der Waals surface area contributed by atoms with Gasteiger partial charge in [-0.05, 0) is 43.9 Å². The largest absolute Gasteiger partial charge is 0.363 e. The first kappa shape index (κ1) is 14.3. The minimum Gasteiger partial charge on any atom is -0.363 e. The Morgan fingerprint density at radius 3 is 2.71 bits per heavy atom. The molecule has 0 bridgehead atoms. The molecule has 1 saturated carbocycles. The topological polar surface area (TPSA) is 37.8 Å². The summed E-state index contributed by atoms with van der Waals surface area (Å²) >= 11 is 6.05. The lowest BCUT2D eigenvalue weighted by Gasteiger charge is -2.16. The van der Waals surface area contributed by atoms with E-state index in [0.29, 0.717) is 22.5 Å². The lowest BCUT2D eigenvalue weighted by Crippen LogP contribution is -2.10. The highest BCUT2D eigenvalue weighted by Crippen LogP contribution is 2.39. The maximum atomic E-state index is 13.6. The van der Waals surface area contributed by atoms with Gasteiger partial charge in [0.15, 0.2) is 0 Å². The maximum absolute atomic E-state index is 13.6. The summed E-state index contributed by atoms with van der Waals surface area (Å²) in [5.74, 6) is 1.73. The van der Waals surface area contributed by atoms with Crippen molar-refractivity contribution < 1.29 is 4.39 Å². The summed E-state index contributed by atoms with van der Waals surface area (Å²) in [5.41, 5.74) is 1.52. The second-order valence-electron chi connectivity index (χ2n) is 5.58. The zero-order chi connectivity index (χ0) is 15.0. The summed E-state index contributed by atoms with van der Waals surface area (Å²) < 4.78 is 13.6. The molecule has 3 nitrogen and oxygen atoms in total. The molecule has 1 aromatic heterocycles. The Labute approximate surface area is 128 Å². The number of hydrogen-bond acceptors (Lipinski definition) is 3. The van der Waals surface area contributed by atoms with Crippen molar-refractivity contribution in [2.75, 3.05) is 5.32 Å². The molecule has 1 aliphatic rings. The van der Waals surface area contributed by atoms with Crippen LogP contribution < -0.4 is 5.32 Å². The van der Waals surface area contributed by atoms with Gasteiger partial charge >= 0.3 is 0 Å². The van der Waals surface area contributed by atoms with Crippen LogP contribution in [-0.2, 0) is 0 Å². The van der Waals surface area contributed by atoms with Gasteiger partial charge in [-0.2, -0.15) is 0 Å². The summed E-state index contributed by atoms with van der Waals surface area (Å²) in [6.07, 6.45) is 2.25. The quantitative estimate of drug-likeness (QED) is 0.837. The Hall–Kier alpha value is -1.68. The van der Waals surface area contributed by atoms with E-state index in [9.17, 15) is 4.39 Å². The molecule has 0 aliphatic heterocycles. The van der Waals surface area contributed by atoms with E-state index in [2.05, 4.69) is 15.3 Å². The molecule has 1 unspecified atom stereocenters. The van der Waals surface area contributed by atoms with Gasteiger partial charge in [0, 0.05) is 12.0 Å². The van der Waals surface area contributed by atoms with E-state index in [0.717, 1.165) is 24.2 Å². The first-order valence-corrected chi connectivity index (χ1v) is 7.48. The summed E-state index contributed by atoms with van der Waals surface area (Å²) in [7, 11) is 0. The number of anilines is 1. The molecule has 0 spiro atoms. The number of aryl methyl sites for hydroxylation is 1. The van der Waals surface area contributed by atoms with Crippen LogP contribution in [0.15, 0.2) is 24.3 Å². The average molecular weight is 306 g/mol. The van der Waals surface area contributed by atoms with E-state index >= 15 is 0 Å². The highest BCUT2D eigenvalue weighted by Gasteiger charge is 2.27. The van der Waals surface area contributed by atoms with Crippen molar-refractivity contribution in [2.24, 2.45) is 0 Å². The molecule has 5 heteroatoms. The molecular formula is C16H17ClFN3. The van der Waals surface area contributed by atoms with Gasteiger partial charge < -0.3 is 5.32 Å². The molecule has 1 heterocycles. The maximum Gasteiger partial charge on any atom is 0.135 e. The summed E-state index contributed by atoms with van der Waals surface area (Å²) in [6, 6.07) is 6.90. The Morgan fingerprint density at radius 1 is 1.29 bits per heavy atom. The predicted molar refractivity (Wildman–Crippen MR) is 82.2 cm³/mol. The van der Waals surface area contributed by atoms with E-state index in [1.165, 1.54) is 0 Å². The van der Waals surface area contributed by atoms with E-state index in [1.807, 2.05) is 13.0 Å². The Bertz CT molecular complexity index is 671. The molecule has 0 amide bonds. The third kappa shape index (κ3) is 3.32. The number of nitrogens with one attached hydrogen (secondary N) is 1. The molecule has 1 N–H and O–H groups in total. The molecule has 1 aliphatic carbocycles. The lowest BCUT2D eigenvalue weighted by atomic mass is 10.1. The average Bonchev–Trinajstić information content (AvgIpc) is 3.25. The monoisotopic (exact) mass is 305 g/mol. The Morgan fingerprint density at radius 2 is 2.05 bits per heavy atom. The molecule has 0 saturated heterocycles. The number of nitrogens with zero attached hydrogens (tertiary/aromatic N) is 2. The highest BCUT2D eigenvalue weighted by atomic mass is 35.5. The third-order valence-electron chi connectivity index (χ3n) is 3.71. The second kappa shape index (κ2) is 5.60. The molecule has 3 rings (SSSR count). The van der Waals surface area contributed by atoms with Gasteiger partial charge in [-0.15, -0.1) is 0 Å². The zero-order valence-electron chi connectivity index (χ0n) is 12.0. The smallest absolute Gasteiger partial charge is 0.135 e. The number of aromatic nitrogens is 2. The van der Waals surface area contributed by atoms with Crippen molar-refractivity contribution >= 4 is 17.4 Å². The van der Waals surface area contributed by atoms with Crippen molar-refractivity contribution in [3.8, 4) is 0 Å². The van der Waals surface area contributed by atoms with Gasteiger partial charge in [0.2, 0.25) is 0 Å². The van der Waals surface area contributed by atoms with E-state index in [1.54, 1.807) is 25.1 Å². The lowest BCUT2D eigenvalue weighted by molar-refractivity contribution is 0.614. The summed E-state index contributed by atoms with van der Waals surface area (Å²) in [5, 5.41) is 3.71. The van der Waals surface area contributed by atoms with Crippen molar-refractivity contribution in [2.45, 2.75) is 38.6 Å². The van der Waals surface area contributed by atoms with Crippen LogP contribution in [0.3, 0.4) is 0 Å². The second-order valence-corrected chi connectivity index (χ2v) is 5.97. The van der Waals surface area contributed by atoms with Crippen LogP contribution in [0.1, 0.15) is 48.7 Å². The van der Waals surface area contributed by atoms with Crippen LogP contribution in [0.5, 0.6) is 0 Å². The van der Waals surface area contributed by atoms with Gasteiger partial charge in [0.25, 0.3) is 0 Å². The Kier molecular flexibility index (Phi) is 3.81. The van der Waals surface area contributed by atoms with Crippen LogP contribution in [0.4, 0.5) is 10.2 Å².